The van der Waals surface area contributed by atoms with E-state index in [4.69, 9.17) is 31.8 Å². The van der Waals surface area contributed by atoms with E-state index < -0.39 is 0 Å². The smallest absolute Gasteiger partial charge is 0.148 e. The summed E-state index contributed by atoms with van der Waals surface area (Å²) >= 11 is 6.42. The van der Waals surface area contributed by atoms with E-state index >= 15 is 0 Å². The second-order valence-corrected chi connectivity index (χ2v) is 5.35. The maximum absolute atomic E-state index is 6.42. The number of benzene rings is 1. The van der Waals surface area contributed by atoms with Crippen LogP contribution in [0.4, 0.5) is 5.69 Å². The molecule has 1 heterocycles. The third kappa shape index (κ3) is 1.86. The van der Waals surface area contributed by atoms with Gasteiger partial charge in [-0.05, 0) is 31.2 Å². The molecule has 0 saturated heterocycles. The van der Waals surface area contributed by atoms with Crippen molar-refractivity contribution in [1.29, 1.82) is 0 Å². The van der Waals surface area contributed by atoms with Gasteiger partial charge in [0.05, 0.1) is 19.2 Å². The Labute approximate surface area is 122 Å². The zero-order valence-electron chi connectivity index (χ0n) is 11.6. The van der Waals surface area contributed by atoms with Crippen LogP contribution in [-0.2, 0) is 12.8 Å². The molecule has 0 unspecified atom stereocenters. The lowest BCUT2D eigenvalue weighted by Gasteiger charge is -2.20. The summed E-state index contributed by atoms with van der Waals surface area (Å²) in [6.07, 6.45) is 4.21. The Morgan fingerprint density at radius 1 is 1.15 bits per heavy atom. The van der Waals surface area contributed by atoms with Crippen molar-refractivity contribution in [2.45, 2.75) is 25.7 Å². The van der Waals surface area contributed by atoms with Gasteiger partial charge in [-0.2, -0.15) is 0 Å². The van der Waals surface area contributed by atoms with Crippen LogP contribution in [0.15, 0.2) is 6.07 Å². The van der Waals surface area contributed by atoms with Crippen molar-refractivity contribution < 1.29 is 9.47 Å². The van der Waals surface area contributed by atoms with Gasteiger partial charge in [-0.25, -0.2) is 4.98 Å². The number of hydrogen-bond donors (Lipinski definition) is 1. The average Bonchev–Trinajstić information content (AvgIpc) is 2.48. The SMILES string of the molecule is COc1cc(OC)c2nc3c(c(N)c2c1Cl)CCCC3. The first-order valence-corrected chi connectivity index (χ1v) is 7.06. The van der Waals surface area contributed by atoms with Gasteiger partial charge in [0, 0.05) is 22.8 Å². The molecule has 0 radical (unpaired) electrons. The Morgan fingerprint density at radius 2 is 1.85 bits per heavy atom. The maximum Gasteiger partial charge on any atom is 0.148 e. The molecule has 0 spiro atoms. The second-order valence-electron chi connectivity index (χ2n) is 4.98. The normalized spacial score (nSPS) is 14.2. The highest BCUT2D eigenvalue weighted by Gasteiger charge is 2.22. The van der Waals surface area contributed by atoms with E-state index in [1.165, 1.54) is 0 Å². The van der Waals surface area contributed by atoms with Gasteiger partial charge in [0.1, 0.15) is 17.0 Å². The Morgan fingerprint density at radius 3 is 2.55 bits per heavy atom. The number of ether oxygens (including phenoxy) is 2. The maximum atomic E-state index is 6.42. The fraction of sp³-hybridized carbons (Fsp3) is 0.400. The van der Waals surface area contributed by atoms with Gasteiger partial charge in [-0.15, -0.1) is 0 Å². The number of fused-ring (bicyclic) bond motifs is 2. The molecule has 0 fully saturated rings. The molecule has 106 valence electrons. The predicted octanol–water partition coefficient (Wildman–Crippen LogP) is 3.37. The van der Waals surface area contributed by atoms with Crippen molar-refractivity contribution >= 4 is 28.2 Å². The van der Waals surface area contributed by atoms with Gasteiger partial charge in [0.15, 0.2) is 0 Å². The number of hydrogen-bond acceptors (Lipinski definition) is 4. The van der Waals surface area contributed by atoms with Crippen LogP contribution >= 0.6 is 11.6 Å². The van der Waals surface area contributed by atoms with Gasteiger partial charge < -0.3 is 15.2 Å². The number of nitrogen functional groups attached to an aromatic ring is 1. The van der Waals surface area contributed by atoms with Crippen molar-refractivity contribution in [3.63, 3.8) is 0 Å². The number of aryl methyl sites for hydroxylation is 1. The van der Waals surface area contributed by atoms with Crippen LogP contribution in [0.3, 0.4) is 0 Å². The second kappa shape index (κ2) is 5.02. The molecule has 1 aromatic carbocycles. The molecule has 0 amide bonds. The topological polar surface area (TPSA) is 57.4 Å². The lowest BCUT2D eigenvalue weighted by atomic mass is 9.93. The number of aromatic nitrogens is 1. The van der Waals surface area contributed by atoms with Crippen molar-refractivity contribution in [2.24, 2.45) is 0 Å². The summed E-state index contributed by atoms with van der Waals surface area (Å²) in [6, 6.07) is 1.76. The number of anilines is 1. The number of halogens is 1. The van der Waals surface area contributed by atoms with Crippen LogP contribution in [0, 0.1) is 0 Å². The number of pyridine rings is 1. The molecule has 1 aromatic heterocycles. The summed E-state index contributed by atoms with van der Waals surface area (Å²) in [5.74, 6) is 1.20. The fourth-order valence-corrected chi connectivity index (χ4v) is 3.17. The van der Waals surface area contributed by atoms with E-state index in [1.54, 1.807) is 20.3 Å². The third-order valence-corrected chi connectivity index (χ3v) is 4.26. The molecule has 0 aliphatic heterocycles. The van der Waals surface area contributed by atoms with Gasteiger partial charge in [0.2, 0.25) is 0 Å². The molecule has 20 heavy (non-hydrogen) atoms. The standard InChI is InChI=1S/C15H17ClN2O2/c1-19-10-7-11(20-2)15-12(13(10)16)14(17)8-5-3-4-6-9(8)18-15/h7H,3-6H2,1-2H3,(H2,17,18). The molecular weight excluding hydrogens is 276 g/mol. The monoisotopic (exact) mass is 292 g/mol. The molecule has 0 saturated carbocycles. The van der Waals surface area contributed by atoms with E-state index in [-0.39, 0.29) is 0 Å². The van der Waals surface area contributed by atoms with Crippen LogP contribution in [-0.4, -0.2) is 19.2 Å². The van der Waals surface area contributed by atoms with E-state index in [1.807, 2.05) is 0 Å². The zero-order chi connectivity index (χ0) is 14.3. The largest absolute Gasteiger partial charge is 0.495 e. The quantitative estimate of drug-likeness (QED) is 0.922. The fourth-order valence-electron chi connectivity index (χ4n) is 2.85. The Bertz CT molecular complexity index is 686. The molecule has 1 aliphatic rings. The van der Waals surface area contributed by atoms with Crippen LogP contribution in [0.5, 0.6) is 11.5 Å². The van der Waals surface area contributed by atoms with Crippen LogP contribution in [0.25, 0.3) is 10.9 Å². The first kappa shape index (κ1) is 13.3. The molecule has 4 nitrogen and oxygen atoms in total. The Balaban J connectivity index is 2.42. The summed E-state index contributed by atoms with van der Waals surface area (Å²) in [5, 5.41) is 1.24. The lowest BCUT2D eigenvalue weighted by molar-refractivity contribution is 0.397. The van der Waals surface area contributed by atoms with Crippen molar-refractivity contribution in [3.05, 3.63) is 22.3 Å². The van der Waals surface area contributed by atoms with Crippen LogP contribution in [0.1, 0.15) is 24.1 Å². The number of nitrogens with two attached hydrogens (primary N) is 1. The third-order valence-electron chi connectivity index (χ3n) is 3.89. The summed E-state index contributed by atoms with van der Waals surface area (Å²) in [5.41, 5.74) is 9.98. The highest BCUT2D eigenvalue weighted by molar-refractivity contribution is 6.38. The molecular formula is C15H17ClN2O2. The van der Waals surface area contributed by atoms with Crippen molar-refractivity contribution in [3.8, 4) is 11.5 Å². The molecule has 0 atom stereocenters. The molecule has 1 aliphatic carbocycles. The van der Waals surface area contributed by atoms with Gasteiger partial charge in [-0.3, -0.25) is 0 Å². The summed E-state index contributed by atoms with van der Waals surface area (Å²) in [6.45, 7) is 0. The zero-order valence-corrected chi connectivity index (χ0v) is 12.4. The predicted molar refractivity (Wildman–Crippen MR) is 80.9 cm³/mol. The number of nitrogens with zero attached hydrogens (tertiary/aromatic N) is 1. The molecule has 2 N–H and O–H groups in total. The van der Waals surface area contributed by atoms with Crippen molar-refractivity contribution in [2.75, 3.05) is 20.0 Å². The minimum absolute atomic E-state index is 0.502. The highest BCUT2D eigenvalue weighted by Crippen LogP contribution is 2.43. The minimum Gasteiger partial charge on any atom is -0.495 e. The average molecular weight is 293 g/mol. The van der Waals surface area contributed by atoms with Gasteiger partial charge >= 0.3 is 0 Å². The molecule has 2 aromatic rings. The van der Waals surface area contributed by atoms with E-state index in [0.29, 0.717) is 22.2 Å². The molecule has 3 rings (SSSR count). The first-order chi connectivity index (χ1) is 9.67. The van der Waals surface area contributed by atoms with E-state index in [9.17, 15) is 0 Å². The van der Waals surface area contributed by atoms with Crippen LogP contribution < -0.4 is 15.2 Å². The van der Waals surface area contributed by atoms with E-state index in [2.05, 4.69) is 0 Å². The Hall–Kier alpha value is -1.68. The molecule has 5 heteroatoms. The lowest BCUT2D eigenvalue weighted by Crippen LogP contribution is -2.10. The number of methoxy groups -OCH3 is 2. The summed E-state index contributed by atoms with van der Waals surface area (Å²) < 4.78 is 10.7. The van der Waals surface area contributed by atoms with E-state index in [0.717, 1.165) is 47.8 Å². The first-order valence-electron chi connectivity index (χ1n) is 6.68. The van der Waals surface area contributed by atoms with Gasteiger partial charge in [-0.1, -0.05) is 11.6 Å². The Kier molecular flexibility index (Phi) is 3.34. The summed E-state index contributed by atoms with van der Waals surface area (Å²) in [4.78, 5) is 4.74. The minimum atomic E-state index is 0.502. The summed E-state index contributed by atoms with van der Waals surface area (Å²) in [7, 11) is 3.19. The highest BCUT2D eigenvalue weighted by atomic mass is 35.5. The molecule has 0 bridgehead atoms. The van der Waals surface area contributed by atoms with Crippen molar-refractivity contribution in [1.82, 2.24) is 4.98 Å². The number of rotatable bonds is 2. The van der Waals surface area contributed by atoms with Crippen LogP contribution in [0.2, 0.25) is 5.02 Å². The van der Waals surface area contributed by atoms with Gasteiger partial charge in [0.25, 0.3) is 0 Å².